The molecule has 0 radical (unpaired) electrons. The first-order valence-corrected chi connectivity index (χ1v) is 18.0. The molecule has 0 amide bonds. The van der Waals surface area contributed by atoms with Gasteiger partial charge in [-0.3, -0.25) is 4.79 Å². The second kappa shape index (κ2) is 25.0. The average Bonchev–Trinajstić information content (AvgIpc) is 3.65. The molecule has 0 aliphatic carbocycles. The van der Waals surface area contributed by atoms with Crippen LogP contribution < -0.4 is 39.0 Å². The van der Waals surface area contributed by atoms with E-state index in [-0.39, 0.29) is 65.5 Å². The molecular formula is C40H60N3NaO9. The number of hydrogen-bond acceptors (Lipinski definition) is 10. The minimum absolute atomic E-state index is 0. The monoisotopic (exact) mass is 749 g/mol. The molecule has 0 saturated carbocycles. The maximum atomic E-state index is 10.6. The molecule has 2 heterocycles. The van der Waals surface area contributed by atoms with Crippen molar-refractivity contribution in [3.63, 3.8) is 0 Å². The topological polar surface area (TPSA) is 183 Å². The predicted molar refractivity (Wildman–Crippen MR) is 202 cm³/mol. The van der Waals surface area contributed by atoms with E-state index in [0.29, 0.717) is 26.2 Å². The molecule has 4 N–H and O–H groups in total. The van der Waals surface area contributed by atoms with E-state index in [1.165, 1.54) is 0 Å². The third-order valence-corrected chi connectivity index (χ3v) is 7.51. The number of rotatable bonds is 16. The van der Waals surface area contributed by atoms with Gasteiger partial charge in [0.1, 0.15) is 11.5 Å². The summed E-state index contributed by atoms with van der Waals surface area (Å²) < 4.78 is 23.0. The van der Waals surface area contributed by atoms with E-state index in [1.807, 2.05) is 18.2 Å². The predicted octanol–water partition coefficient (Wildman–Crippen LogP) is 5.47. The van der Waals surface area contributed by atoms with E-state index < -0.39 is 5.97 Å². The molecule has 0 fully saturated rings. The summed E-state index contributed by atoms with van der Waals surface area (Å²) in [4.78, 5) is 13.9. The van der Waals surface area contributed by atoms with Crippen molar-refractivity contribution >= 4 is 27.9 Å². The number of aryl methyl sites for hydroxylation is 2. The number of aliphatic hydroxyl groups is 2. The minimum Gasteiger partial charge on any atom is -0.870 e. The molecule has 0 aliphatic rings. The fraction of sp³-hybridized carbons (Fsp3) is 0.600. The van der Waals surface area contributed by atoms with Crippen LogP contribution in [0.3, 0.4) is 0 Å². The molecular weight excluding hydrogens is 689 g/mol. The summed E-state index contributed by atoms with van der Waals surface area (Å²) in [6.07, 6.45) is 6.83. The Morgan fingerprint density at radius 2 is 1.19 bits per heavy atom. The zero-order chi connectivity index (χ0) is 38.0. The van der Waals surface area contributed by atoms with Gasteiger partial charge in [-0.25, -0.2) is 6.57 Å². The van der Waals surface area contributed by atoms with Crippen LogP contribution in [-0.4, -0.2) is 70.1 Å². The van der Waals surface area contributed by atoms with Crippen LogP contribution in [0.4, 0.5) is 0 Å². The molecule has 0 bridgehead atoms. The molecule has 4 aromatic rings. The Kier molecular flexibility index (Phi) is 23.5. The van der Waals surface area contributed by atoms with Gasteiger partial charge in [0.25, 0.3) is 0 Å². The van der Waals surface area contributed by atoms with Gasteiger partial charge in [-0.1, -0.05) is 78.5 Å². The van der Waals surface area contributed by atoms with Gasteiger partial charge in [0.05, 0.1) is 44.2 Å². The van der Waals surface area contributed by atoms with Gasteiger partial charge in [-0.15, -0.1) is 0 Å². The Bertz CT molecular complexity index is 1680. The molecule has 0 aliphatic heterocycles. The van der Waals surface area contributed by atoms with E-state index in [1.54, 1.807) is 0 Å². The Balaban J connectivity index is 0.000000896. The Morgan fingerprint density at radius 1 is 0.774 bits per heavy atom. The summed E-state index contributed by atoms with van der Waals surface area (Å²) in [5, 5.41) is 34.7. The Labute approximate surface area is 337 Å². The van der Waals surface area contributed by atoms with Gasteiger partial charge in [0.15, 0.2) is 11.2 Å². The first-order valence-electron chi connectivity index (χ1n) is 18.0. The number of carboxylic acid groups (broad SMARTS) is 1. The van der Waals surface area contributed by atoms with Crippen LogP contribution in [0.2, 0.25) is 0 Å². The van der Waals surface area contributed by atoms with Crippen LogP contribution in [0.5, 0.6) is 11.5 Å². The average molecular weight is 750 g/mol. The molecule has 12 nitrogen and oxygen atoms in total. The van der Waals surface area contributed by atoms with Crippen LogP contribution in [0, 0.1) is 17.4 Å². The third-order valence-electron chi connectivity index (χ3n) is 7.51. The normalized spacial score (nSPS) is 11.0. The van der Waals surface area contributed by atoms with E-state index in [9.17, 15) is 4.79 Å². The first kappa shape index (κ1) is 49.8. The fourth-order valence-electron chi connectivity index (χ4n) is 5.42. The second-order valence-corrected chi connectivity index (χ2v) is 14.9. The number of nitrogens with zero attached hydrogens (tertiary/aromatic N) is 3. The van der Waals surface area contributed by atoms with Crippen LogP contribution in [0.1, 0.15) is 110 Å². The number of benzene rings is 2. The molecule has 53 heavy (non-hydrogen) atoms. The number of carboxylic acids is 1. The van der Waals surface area contributed by atoms with Crippen LogP contribution in [-0.2, 0) is 30.5 Å². The van der Waals surface area contributed by atoms with Crippen molar-refractivity contribution in [3.05, 3.63) is 58.2 Å². The Morgan fingerprint density at radius 3 is 1.53 bits per heavy atom. The van der Waals surface area contributed by atoms with E-state index >= 15 is 0 Å². The molecule has 2 aromatic carbocycles. The number of aliphatic hydroxyl groups excluding tert-OH is 2. The van der Waals surface area contributed by atoms with Crippen molar-refractivity contribution in [2.24, 2.45) is 10.8 Å². The Hall–Kier alpha value is -3.18. The van der Waals surface area contributed by atoms with Crippen molar-refractivity contribution < 1.29 is 73.7 Å². The van der Waals surface area contributed by atoms with Gasteiger partial charge in [0, 0.05) is 28.3 Å². The third kappa shape index (κ3) is 17.2. The van der Waals surface area contributed by atoms with Crippen molar-refractivity contribution in [3.8, 4) is 11.5 Å². The smallest absolute Gasteiger partial charge is 0.870 e. The van der Waals surface area contributed by atoms with Crippen LogP contribution in [0.15, 0.2) is 33.3 Å². The zero-order valence-corrected chi connectivity index (χ0v) is 35.4. The number of fused-ring (bicyclic) bond motifs is 2. The standard InChI is InChI=1S/C19H26N2O2.C19H27NO4.C2H6O2.Na.H2O/c1-6-8-15-17(22-12-7-11-20-5)10-9-14-16(13-19(2,3)4)21-23-18(14)15;1-5-7-14-16(23-11-6-8-17(21)22)10-9-13-15(12-19(2,3)4)20-24-18(13)14;3-1-2-4;;/h9-10H,6-8,11-13H2,1-4H3;9-10H,5-8,11-12H2,1-4H3,(H,21,22);3-4H,1-2H2;;1H2/q;;;+1;/p-1. The molecule has 0 unspecified atom stereocenters. The molecule has 0 spiro atoms. The van der Waals surface area contributed by atoms with E-state index in [2.05, 4.69) is 76.6 Å². The molecule has 4 rings (SSSR count). The van der Waals surface area contributed by atoms with Gasteiger partial charge in [-0.05, 0) is 67.2 Å². The summed E-state index contributed by atoms with van der Waals surface area (Å²) in [5.74, 6) is 0.834. The van der Waals surface area contributed by atoms with E-state index in [4.69, 9.17) is 40.4 Å². The maximum Gasteiger partial charge on any atom is 1.00 e. The number of hydrogen-bond donors (Lipinski definition) is 3. The summed E-state index contributed by atoms with van der Waals surface area (Å²) in [6.45, 7) is 25.4. The molecule has 13 heteroatoms. The summed E-state index contributed by atoms with van der Waals surface area (Å²) >= 11 is 0. The van der Waals surface area contributed by atoms with Gasteiger partial charge in [-0.2, -0.15) is 0 Å². The van der Waals surface area contributed by atoms with Crippen LogP contribution in [0.25, 0.3) is 26.8 Å². The number of carbonyl (C=O) groups is 1. The van der Waals surface area contributed by atoms with Gasteiger partial charge >= 0.3 is 35.5 Å². The second-order valence-electron chi connectivity index (χ2n) is 14.9. The van der Waals surface area contributed by atoms with Crippen molar-refractivity contribution in [2.45, 2.75) is 113 Å². The fourth-order valence-corrected chi connectivity index (χ4v) is 5.42. The van der Waals surface area contributed by atoms with Crippen LogP contribution >= 0.6 is 0 Å². The first-order chi connectivity index (χ1) is 24.2. The van der Waals surface area contributed by atoms with Crippen molar-refractivity contribution in [2.75, 3.05) is 33.0 Å². The summed E-state index contributed by atoms with van der Waals surface area (Å²) in [7, 11) is 0. The largest absolute Gasteiger partial charge is 1.00 e. The molecule has 0 atom stereocenters. The SMILES string of the molecule is CCCc1c(OCCCC(=O)O)ccc2c(CC(C)(C)C)noc12.OCCO.[C-]#[N+]CCCOc1ccc2c(CC(C)(C)C)noc2c1CCC.[Na+].[OH-]. The van der Waals surface area contributed by atoms with Crippen molar-refractivity contribution in [1.82, 2.24) is 10.3 Å². The number of aromatic nitrogens is 2. The quantitative estimate of drug-likeness (QED) is 0.0751. The molecule has 2 aromatic heterocycles. The summed E-state index contributed by atoms with van der Waals surface area (Å²) in [5.41, 5.74) is 6.08. The minimum atomic E-state index is -0.801. The maximum absolute atomic E-state index is 10.6. The van der Waals surface area contributed by atoms with E-state index in [0.717, 1.165) is 101 Å². The number of aliphatic carboxylic acids is 1. The van der Waals surface area contributed by atoms with Gasteiger partial charge in [0.2, 0.25) is 6.54 Å². The summed E-state index contributed by atoms with van der Waals surface area (Å²) in [6, 6.07) is 8.03. The molecule has 290 valence electrons. The van der Waals surface area contributed by atoms with Gasteiger partial charge < -0.3 is 44.2 Å². The molecule has 0 saturated heterocycles. The number of ether oxygens (including phenoxy) is 2. The zero-order valence-electron chi connectivity index (χ0n) is 33.4. The van der Waals surface area contributed by atoms with Crippen molar-refractivity contribution in [1.29, 1.82) is 0 Å².